The summed E-state index contributed by atoms with van der Waals surface area (Å²) < 4.78 is 39.0. The first-order valence-corrected chi connectivity index (χ1v) is 12.7. The van der Waals surface area contributed by atoms with Gasteiger partial charge in [0.2, 0.25) is 6.29 Å². The number of aromatic nitrogens is 6. The molecule has 5 heterocycles. The molecule has 1 aromatic carbocycles. The van der Waals surface area contributed by atoms with E-state index in [4.69, 9.17) is 14.5 Å². The van der Waals surface area contributed by atoms with E-state index in [-0.39, 0.29) is 0 Å². The summed E-state index contributed by atoms with van der Waals surface area (Å²) in [7, 11) is 0. The fraction of sp³-hybridized carbons (Fsp3) is 0.259. The molecule has 41 heavy (non-hydrogen) atoms. The maximum Gasteiger partial charge on any atom is 0.446 e. The fourth-order valence-corrected chi connectivity index (χ4v) is 4.30. The van der Waals surface area contributed by atoms with E-state index in [1.807, 2.05) is 55.6 Å². The normalized spacial score (nSPS) is 15.3. The number of nitrogens with one attached hydrogen (secondary N) is 2. The Bertz CT molecular complexity index is 1680. The molecule has 2 N–H and O–H groups in total. The molecule has 14 heteroatoms. The molecule has 5 aromatic rings. The van der Waals surface area contributed by atoms with Crippen LogP contribution in [0.15, 0.2) is 61.3 Å². The highest BCUT2D eigenvalue weighted by Gasteiger charge is 2.25. The summed E-state index contributed by atoms with van der Waals surface area (Å²) in [6.07, 6.45) is -0.800. The number of benzene rings is 1. The van der Waals surface area contributed by atoms with E-state index < -0.39 is 12.5 Å². The lowest BCUT2D eigenvalue weighted by Gasteiger charge is -2.32. The minimum Gasteiger partial charge on any atom is -0.457 e. The lowest BCUT2D eigenvalue weighted by Crippen LogP contribution is -2.49. The maximum absolute atomic E-state index is 10.4. The third-order valence-electron chi connectivity index (χ3n) is 6.21. The van der Waals surface area contributed by atoms with E-state index in [9.17, 15) is 13.2 Å². The summed E-state index contributed by atoms with van der Waals surface area (Å²) in [5.74, 6) is 3.08. The number of piperazine rings is 1. The van der Waals surface area contributed by atoms with Crippen LogP contribution in [0, 0.1) is 6.92 Å². The topological polar surface area (TPSA) is 122 Å². The number of aldehydes is 1. The molecule has 1 aliphatic rings. The van der Waals surface area contributed by atoms with Gasteiger partial charge in [-0.05, 0) is 55.8 Å². The molecule has 0 unspecified atom stereocenters. The molecule has 0 amide bonds. The molecule has 212 valence electrons. The number of hydrogen-bond donors (Lipinski definition) is 2. The van der Waals surface area contributed by atoms with Gasteiger partial charge in [-0.2, -0.15) is 18.3 Å². The molecule has 0 saturated carbocycles. The van der Waals surface area contributed by atoms with Gasteiger partial charge in [0, 0.05) is 43.6 Å². The van der Waals surface area contributed by atoms with Crippen molar-refractivity contribution in [2.75, 3.05) is 29.9 Å². The quantitative estimate of drug-likeness (QED) is 0.296. The summed E-state index contributed by atoms with van der Waals surface area (Å²) in [5, 5.41) is 11.0. The van der Waals surface area contributed by atoms with E-state index in [1.165, 1.54) is 6.33 Å². The van der Waals surface area contributed by atoms with Crippen LogP contribution in [-0.4, -0.2) is 67.7 Å². The summed E-state index contributed by atoms with van der Waals surface area (Å²) in [4.78, 5) is 29.0. The van der Waals surface area contributed by atoms with Crippen LogP contribution in [0.5, 0.6) is 11.5 Å². The smallest absolute Gasteiger partial charge is 0.446 e. The number of aryl methyl sites for hydroxylation is 1. The lowest BCUT2D eigenvalue weighted by atomic mass is 10.2. The van der Waals surface area contributed by atoms with Crippen molar-refractivity contribution in [2.45, 2.75) is 26.1 Å². The van der Waals surface area contributed by atoms with Gasteiger partial charge in [-0.25, -0.2) is 24.5 Å². The second kappa shape index (κ2) is 11.7. The van der Waals surface area contributed by atoms with Gasteiger partial charge in [0.25, 0.3) is 0 Å². The first-order chi connectivity index (χ1) is 19.7. The van der Waals surface area contributed by atoms with Crippen molar-refractivity contribution in [3.63, 3.8) is 0 Å². The van der Waals surface area contributed by atoms with Crippen molar-refractivity contribution < 1.29 is 22.7 Å². The van der Waals surface area contributed by atoms with Crippen LogP contribution in [0.25, 0.3) is 16.7 Å². The second-order valence-corrected chi connectivity index (χ2v) is 9.35. The van der Waals surface area contributed by atoms with Crippen molar-refractivity contribution in [3.05, 3.63) is 66.9 Å². The largest absolute Gasteiger partial charge is 0.457 e. The molecule has 1 aliphatic heterocycles. The summed E-state index contributed by atoms with van der Waals surface area (Å²) in [6.45, 7) is 6.98. The molecule has 0 radical (unpaired) electrons. The number of halogens is 3. The second-order valence-electron chi connectivity index (χ2n) is 9.35. The number of carbonyl (C=O) groups excluding carboxylic acids is 1. The number of alkyl halides is 3. The number of hydrogen-bond acceptors (Lipinski definition) is 10. The van der Waals surface area contributed by atoms with E-state index in [2.05, 4.69) is 42.5 Å². The number of pyridine rings is 2. The minimum atomic E-state index is -4.64. The van der Waals surface area contributed by atoms with Gasteiger partial charge in [-0.3, -0.25) is 4.79 Å². The highest BCUT2D eigenvalue weighted by atomic mass is 19.4. The van der Waals surface area contributed by atoms with Gasteiger partial charge in [-0.1, -0.05) is 0 Å². The Morgan fingerprint density at radius 2 is 1.93 bits per heavy atom. The first kappa shape index (κ1) is 27.7. The zero-order valence-corrected chi connectivity index (χ0v) is 22.1. The van der Waals surface area contributed by atoms with Crippen LogP contribution < -0.4 is 20.3 Å². The standard InChI is InChI=1S/C25H25N9O.C2HF3O/c1-16-11-18(3-5-21(16)35-19-7-9-34-23(12-19)28-15-30-34)31-25-24-20(27-14-29-25)4-6-22(32-24)33-10-8-26-17(2)13-33;3-2(4,5)1-6/h3-7,9,11-12,14-15,17,26H,8,10,13H2,1-2H3,(H,27,29,31);1H/t17-;/m0./s1. The first-order valence-electron chi connectivity index (χ1n) is 12.7. The predicted molar refractivity (Wildman–Crippen MR) is 147 cm³/mol. The van der Waals surface area contributed by atoms with E-state index in [0.717, 1.165) is 59.1 Å². The van der Waals surface area contributed by atoms with E-state index in [0.29, 0.717) is 17.6 Å². The van der Waals surface area contributed by atoms with Crippen LogP contribution in [0.1, 0.15) is 12.5 Å². The number of nitrogens with zero attached hydrogens (tertiary/aromatic N) is 7. The Hall–Kier alpha value is -4.85. The highest BCUT2D eigenvalue weighted by Crippen LogP contribution is 2.30. The molecule has 0 spiro atoms. The monoisotopic (exact) mass is 565 g/mol. The average Bonchev–Trinajstić information content (AvgIpc) is 3.43. The number of fused-ring (bicyclic) bond motifs is 2. The lowest BCUT2D eigenvalue weighted by molar-refractivity contribution is -0.156. The fourth-order valence-electron chi connectivity index (χ4n) is 4.30. The molecule has 0 aliphatic carbocycles. The van der Waals surface area contributed by atoms with Crippen LogP contribution >= 0.6 is 0 Å². The van der Waals surface area contributed by atoms with E-state index >= 15 is 0 Å². The molecular weight excluding hydrogens is 539 g/mol. The maximum atomic E-state index is 10.4. The minimum absolute atomic E-state index is 0.424. The number of rotatable bonds is 5. The van der Waals surface area contributed by atoms with Crippen molar-refractivity contribution in [1.82, 2.24) is 34.9 Å². The Morgan fingerprint density at radius 3 is 2.68 bits per heavy atom. The zero-order valence-electron chi connectivity index (χ0n) is 22.1. The van der Waals surface area contributed by atoms with Crippen molar-refractivity contribution >= 4 is 40.3 Å². The summed E-state index contributed by atoms with van der Waals surface area (Å²) in [6, 6.07) is 14.1. The van der Waals surface area contributed by atoms with Crippen LogP contribution in [0.2, 0.25) is 0 Å². The molecule has 4 aromatic heterocycles. The van der Waals surface area contributed by atoms with Gasteiger partial charge in [0.05, 0.1) is 5.52 Å². The summed E-state index contributed by atoms with van der Waals surface area (Å²) >= 11 is 0. The van der Waals surface area contributed by atoms with Crippen molar-refractivity contribution in [2.24, 2.45) is 0 Å². The highest BCUT2D eigenvalue weighted by molar-refractivity contribution is 5.88. The van der Waals surface area contributed by atoms with Crippen molar-refractivity contribution in [3.8, 4) is 11.5 Å². The molecule has 11 nitrogen and oxygen atoms in total. The Kier molecular flexibility index (Phi) is 7.92. The molecular formula is C27H26F3N9O2. The molecule has 0 bridgehead atoms. The average molecular weight is 566 g/mol. The van der Waals surface area contributed by atoms with Crippen molar-refractivity contribution in [1.29, 1.82) is 0 Å². The number of ether oxygens (including phenoxy) is 1. The molecule has 1 fully saturated rings. The third-order valence-corrected chi connectivity index (χ3v) is 6.21. The van der Waals surface area contributed by atoms with Gasteiger partial charge in [-0.15, -0.1) is 0 Å². The molecule has 6 rings (SSSR count). The molecule has 1 saturated heterocycles. The van der Waals surface area contributed by atoms with Gasteiger partial charge >= 0.3 is 6.18 Å². The Morgan fingerprint density at radius 1 is 1.10 bits per heavy atom. The number of carbonyl (C=O) groups is 1. The van der Waals surface area contributed by atoms with Crippen LogP contribution in [-0.2, 0) is 4.79 Å². The van der Waals surface area contributed by atoms with Crippen LogP contribution in [0.3, 0.4) is 0 Å². The Balaban J connectivity index is 0.000000511. The van der Waals surface area contributed by atoms with Crippen LogP contribution in [0.4, 0.5) is 30.5 Å². The van der Waals surface area contributed by atoms with Gasteiger partial charge < -0.3 is 20.3 Å². The molecule has 1 atom stereocenters. The van der Waals surface area contributed by atoms with Gasteiger partial charge in [0.15, 0.2) is 11.5 Å². The van der Waals surface area contributed by atoms with Gasteiger partial charge in [0.1, 0.15) is 35.5 Å². The SMILES string of the molecule is Cc1cc(Nc2ncnc3ccc(N4CCN[C@@H](C)C4)nc23)ccc1Oc1ccn2ncnc2c1.O=CC(F)(F)F. The third kappa shape index (κ3) is 6.84. The predicted octanol–water partition coefficient (Wildman–Crippen LogP) is 4.46. The summed E-state index contributed by atoms with van der Waals surface area (Å²) in [5.41, 5.74) is 4.16. The Labute approximate surface area is 232 Å². The number of anilines is 3. The zero-order chi connectivity index (χ0) is 29.0. The van der Waals surface area contributed by atoms with E-state index in [1.54, 1.807) is 10.8 Å².